The summed E-state index contributed by atoms with van der Waals surface area (Å²) in [7, 11) is 0. The molecule has 14 heavy (non-hydrogen) atoms. The van der Waals surface area contributed by atoms with Gasteiger partial charge in [-0.05, 0) is 19.1 Å². The molecule has 2 rings (SSSR count). The molecule has 2 heterocycles. The summed E-state index contributed by atoms with van der Waals surface area (Å²) in [4.78, 5) is 15.0. The lowest BCUT2D eigenvalue weighted by Gasteiger charge is -2.00. The Morgan fingerprint density at radius 3 is 3.00 bits per heavy atom. The van der Waals surface area contributed by atoms with Gasteiger partial charge in [-0.2, -0.15) is 0 Å². The number of pyridine rings is 1. The van der Waals surface area contributed by atoms with Crippen LogP contribution in [0.5, 0.6) is 0 Å². The van der Waals surface area contributed by atoms with E-state index in [0.29, 0.717) is 10.9 Å². The maximum atomic E-state index is 10.9. The Hall–Kier alpha value is -1.84. The van der Waals surface area contributed by atoms with Gasteiger partial charge >= 0.3 is 5.97 Å². The molecule has 0 fully saturated rings. The predicted molar refractivity (Wildman–Crippen MR) is 52.4 cm³/mol. The van der Waals surface area contributed by atoms with Crippen LogP contribution in [0.25, 0.3) is 11.0 Å². The second-order valence-electron chi connectivity index (χ2n) is 3.00. The van der Waals surface area contributed by atoms with Gasteiger partial charge < -0.3 is 9.67 Å². The molecule has 2 aromatic heterocycles. The standard InChI is InChI=1S/C10H10N2O2/c1-2-12-6-4-7-8(10(13)14)3-5-11-9(7)12/h3-6H,2H2,1H3,(H,13,14). The molecule has 4 nitrogen and oxygen atoms in total. The van der Waals surface area contributed by atoms with Crippen LogP contribution in [-0.4, -0.2) is 20.6 Å². The maximum Gasteiger partial charge on any atom is 0.336 e. The molecule has 1 N–H and O–H groups in total. The summed E-state index contributed by atoms with van der Waals surface area (Å²) >= 11 is 0. The van der Waals surface area contributed by atoms with Crippen molar-refractivity contribution >= 4 is 17.0 Å². The van der Waals surface area contributed by atoms with Crippen molar-refractivity contribution in [1.29, 1.82) is 0 Å². The van der Waals surface area contributed by atoms with Crippen LogP contribution in [0, 0.1) is 0 Å². The lowest BCUT2D eigenvalue weighted by molar-refractivity contribution is 0.0699. The Bertz CT molecular complexity index is 488. The molecule has 0 unspecified atom stereocenters. The van der Waals surface area contributed by atoms with Gasteiger partial charge in [0.25, 0.3) is 0 Å². The minimum absolute atomic E-state index is 0.308. The average molecular weight is 190 g/mol. The summed E-state index contributed by atoms with van der Waals surface area (Å²) in [6.07, 6.45) is 3.38. The largest absolute Gasteiger partial charge is 0.478 e. The zero-order chi connectivity index (χ0) is 10.1. The van der Waals surface area contributed by atoms with Crippen molar-refractivity contribution in [3.8, 4) is 0 Å². The van der Waals surface area contributed by atoms with Crippen LogP contribution in [0.15, 0.2) is 24.5 Å². The molecule has 0 amide bonds. The summed E-state index contributed by atoms with van der Waals surface area (Å²) in [5.74, 6) is -0.911. The second-order valence-corrected chi connectivity index (χ2v) is 3.00. The van der Waals surface area contributed by atoms with Crippen molar-refractivity contribution in [3.63, 3.8) is 0 Å². The summed E-state index contributed by atoms with van der Waals surface area (Å²) in [6.45, 7) is 2.79. The smallest absolute Gasteiger partial charge is 0.336 e. The summed E-state index contributed by atoms with van der Waals surface area (Å²) in [5, 5.41) is 9.62. The van der Waals surface area contributed by atoms with Crippen LogP contribution in [0.3, 0.4) is 0 Å². The number of nitrogens with zero attached hydrogens (tertiary/aromatic N) is 2. The highest BCUT2D eigenvalue weighted by molar-refractivity contribution is 6.01. The first kappa shape index (κ1) is 8.74. The fourth-order valence-corrected chi connectivity index (χ4v) is 1.53. The van der Waals surface area contributed by atoms with Crippen molar-refractivity contribution in [3.05, 3.63) is 30.1 Å². The minimum atomic E-state index is -0.911. The van der Waals surface area contributed by atoms with Gasteiger partial charge in [0.15, 0.2) is 0 Å². The molecule has 0 aliphatic carbocycles. The Balaban J connectivity index is 2.76. The van der Waals surface area contributed by atoms with E-state index in [0.717, 1.165) is 12.2 Å². The van der Waals surface area contributed by atoms with Crippen LogP contribution in [0.1, 0.15) is 17.3 Å². The van der Waals surface area contributed by atoms with Crippen LogP contribution < -0.4 is 0 Å². The molecule has 0 saturated heterocycles. The Labute approximate surface area is 80.8 Å². The van der Waals surface area contributed by atoms with Gasteiger partial charge in [0.05, 0.1) is 5.56 Å². The fraction of sp³-hybridized carbons (Fsp3) is 0.200. The number of carboxylic acids is 1. The molecule has 0 radical (unpaired) electrons. The molecule has 0 spiro atoms. The first-order valence-electron chi connectivity index (χ1n) is 4.41. The van der Waals surface area contributed by atoms with E-state index in [1.807, 2.05) is 17.7 Å². The Morgan fingerprint density at radius 1 is 1.57 bits per heavy atom. The van der Waals surface area contributed by atoms with Crippen molar-refractivity contribution < 1.29 is 9.90 Å². The van der Waals surface area contributed by atoms with Crippen LogP contribution in [0.4, 0.5) is 0 Å². The number of aromatic nitrogens is 2. The van der Waals surface area contributed by atoms with Crippen LogP contribution >= 0.6 is 0 Å². The van der Waals surface area contributed by atoms with Crippen LogP contribution in [-0.2, 0) is 6.54 Å². The van der Waals surface area contributed by atoms with Crippen molar-refractivity contribution in [1.82, 2.24) is 9.55 Å². The molecule has 0 aliphatic rings. The number of aryl methyl sites for hydroxylation is 1. The minimum Gasteiger partial charge on any atom is -0.478 e. The van der Waals surface area contributed by atoms with Gasteiger partial charge in [0.1, 0.15) is 5.65 Å². The third kappa shape index (κ3) is 1.16. The molecule has 72 valence electrons. The lowest BCUT2D eigenvalue weighted by atomic mass is 10.2. The van der Waals surface area contributed by atoms with Gasteiger partial charge in [-0.3, -0.25) is 0 Å². The molecule has 0 aliphatic heterocycles. The van der Waals surface area contributed by atoms with Gasteiger partial charge in [0, 0.05) is 24.3 Å². The number of rotatable bonds is 2. The highest BCUT2D eigenvalue weighted by atomic mass is 16.4. The lowest BCUT2D eigenvalue weighted by Crippen LogP contribution is -1.99. The Kier molecular flexibility index (Phi) is 1.96. The highest BCUT2D eigenvalue weighted by Crippen LogP contribution is 2.17. The van der Waals surface area contributed by atoms with Gasteiger partial charge in [-0.1, -0.05) is 0 Å². The first-order chi connectivity index (χ1) is 6.74. The first-order valence-corrected chi connectivity index (χ1v) is 4.41. The molecule has 0 atom stereocenters. The van der Waals surface area contributed by atoms with E-state index in [2.05, 4.69) is 4.98 Å². The molecular formula is C10H10N2O2. The number of carbonyl (C=O) groups is 1. The zero-order valence-corrected chi connectivity index (χ0v) is 7.77. The molecule has 2 aromatic rings. The SMILES string of the molecule is CCn1ccc2c(C(=O)O)ccnc21. The summed E-state index contributed by atoms with van der Waals surface area (Å²) in [6, 6.07) is 3.31. The van der Waals surface area contributed by atoms with E-state index in [-0.39, 0.29) is 0 Å². The van der Waals surface area contributed by atoms with E-state index < -0.39 is 5.97 Å². The second kappa shape index (κ2) is 3.14. The molecule has 0 bridgehead atoms. The molecular weight excluding hydrogens is 180 g/mol. The third-order valence-electron chi connectivity index (χ3n) is 2.23. The van der Waals surface area contributed by atoms with Gasteiger partial charge in [-0.25, -0.2) is 9.78 Å². The topological polar surface area (TPSA) is 55.1 Å². The molecule has 0 aromatic carbocycles. The molecule has 0 saturated carbocycles. The number of hydrogen-bond donors (Lipinski definition) is 1. The highest BCUT2D eigenvalue weighted by Gasteiger charge is 2.10. The van der Waals surface area contributed by atoms with Crippen molar-refractivity contribution in [2.75, 3.05) is 0 Å². The van der Waals surface area contributed by atoms with Gasteiger partial charge in [0.2, 0.25) is 0 Å². The number of carboxylic acid groups (broad SMARTS) is 1. The van der Waals surface area contributed by atoms with Crippen molar-refractivity contribution in [2.45, 2.75) is 13.5 Å². The zero-order valence-electron chi connectivity index (χ0n) is 7.77. The third-order valence-corrected chi connectivity index (χ3v) is 2.23. The molecule has 4 heteroatoms. The van der Waals surface area contributed by atoms with Crippen molar-refractivity contribution in [2.24, 2.45) is 0 Å². The van der Waals surface area contributed by atoms with Gasteiger partial charge in [-0.15, -0.1) is 0 Å². The van der Waals surface area contributed by atoms with E-state index in [1.54, 1.807) is 6.07 Å². The van der Waals surface area contributed by atoms with Crippen LogP contribution in [0.2, 0.25) is 0 Å². The van der Waals surface area contributed by atoms with E-state index >= 15 is 0 Å². The summed E-state index contributed by atoms with van der Waals surface area (Å²) < 4.78 is 1.92. The predicted octanol–water partition coefficient (Wildman–Crippen LogP) is 1.75. The average Bonchev–Trinajstić information content (AvgIpc) is 2.59. The van der Waals surface area contributed by atoms with E-state index in [1.165, 1.54) is 12.3 Å². The fourth-order valence-electron chi connectivity index (χ4n) is 1.53. The normalized spacial score (nSPS) is 10.6. The number of aromatic carboxylic acids is 1. The monoisotopic (exact) mass is 190 g/mol. The quantitative estimate of drug-likeness (QED) is 0.784. The summed E-state index contributed by atoms with van der Waals surface area (Å²) in [5.41, 5.74) is 1.04. The number of hydrogen-bond acceptors (Lipinski definition) is 2. The maximum absolute atomic E-state index is 10.9. The number of fused-ring (bicyclic) bond motifs is 1. The van der Waals surface area contributed by atoms with E-state index in [9.17, 15) is 4.79 Å². The Morgan fingerprint density at radius 2 is 2.36 bits per heavy atom. The van der Waals surface area contributed by atoms with E-state index in [4.69, 9.17) is 5.11 Å².